The molecule has 1 heterocycles. The molecule has 0 aromatic rings. The van der Waals surface area contributed by atoms with Crippen LogP contribution >= 0.6 is 17.1 Å². The fourth-order valence-corrected chi connectivity index (χ4v) is 4.58. The summed E-state index contributed by atoms with van der Waals surface area (Å²) in [6, 6.07) is 0. The van der Waals surface area contributed by atoms with E-state index in [4.69, 9.17) is 18.1 Å². The van der Waals surface area contributed by atoms with Crippen molar-refractivity contribution in [2.24, 2.45) is 0 Å². The van der Waals surface area contributed by atoms with Gasteiger partial charge in [0.1, 0.15) is 0 Å². The largest absolute Gasteiger partial charge is 0.322 e. The first-order chi connectivity index (χ1) is 7.83. The van der Waals surface area contributed by atoms with Crippen molar-refractivity contribution in [2.75, 3.05) is 33.0 Å². The minimum atomic E-state index is -1.02. The van der Waals surface area contributed by atoms with E-state index in [0.717, 1.165) is 19.6 Å². The molecule has 96 valence electrons. The van der Waals surface area contributed by atoms with Gasteiger partial charge in [0.05, 0.1) is 26.4 Å². The molecule has 0 saturated carbocycles. The Morgan fingerprint density at radius 2 is 1.88 bits per heavy atom. The molecule has 5 nitrogen and oxygen atoms in total. The van der Waals surface area contributed by atoms with Crippen LogP contribution in [0.25, 0.3) is 0 Å². The summed E-state index contributed by atoms with van der Waals surface area (Å²) in [7, 11) is -2.00. The Morgan fingerprint density at radius 1 is 1.19 bits per heavy atom. The van der Waals surface area contributed by atoms with E-state index in [1.807, 2.05) is 20.8 Å². The van der Waals surface area contributed by atoms with E-state index in [2.05, 4.69) is 4.44 Å². The molecule has 7 heteroatoms. The van der Waals surface area contributed by atoms with E-state index < -0.39 is 17.1 Å². The summed E-state index contributed by atoms with van der Waals surface area (Å²) in [5.41, 5.74) is 0. The van der Waals surface area contributed by atoms with Gasteiger partial charge in [-0.05, 0) is 27.2 Å². The van der Waals surface area contributed by atoms with Crippen molar-refractivity contribution in [3.05, 3.63) is 0 Å². The molecule has 0 spiro atoms. The highest BCUT2D eigenvalue weighted by Crippen LogP contribution is 2.60. The lowest BCUT2D eigenvalue weighted by Gasteiger charge is -2.36. The highest BCUT2D eigenvalue weighted by molar-refractivity contribution is 7.60. The second-order valence-electron chi connectivity index (χ2n) is 3.01. The predicted molar refractivity (Wildman–Crippen MR) is 66.0 cm³/mol. The highest BCUT2D eigenvalue weighted by atomic mass is 31.2. The van der Waals surface area contributed by atoms with Gasteiger partial charge in [-0.2, -0.15) is 4.44 Å². The van der Waals surface area contributed by atoms with Crippen molar-refractivity contribution in [1.29, 1.82) is 0 Å². The number of rotatable bonds is 7. The molecule has 0 aliphatic carbocycles. The second-order valence-corrected chi connectivity index (χ2v) is 6.28. The third-order valence-corrected chi connectivity index (χ3v) is 5.67. The zero-order chi connectivity index (χ0) is 11.8. The Kier molecular flexibility index (Phi) is 8.01. The van der Waals surface area contributed by atoms with Crippen LogP contribution in [0.15, 0.2) is 0 Å². The number of hydrogen-bond donors (Lipinski definition) is 0. The minimum absolute atomic E-state index is 0.650. The van der Waals surface area contributed by atoms with E-state index >= 15 is 0 Å². The van der Waals surface area contributed by atoms with Gasteiger partial charge in [0, 0.05) is 6.54 Å². The van der Waals surface area contributed by atoms with E-state index in [-0.39, 0.29) is 0 Å². The summed E-state index contributed by atoms with van der Waals surface area (Å²) >= 11 is 0. The van der Waals surface area contributed by atoms with E-state index in [9.17, 15) is 0 Å². The molecule has 1 atom stereocenters. The summed E-state index contributed by atoms with van der Waals surface area (Å²) in [5.74, 6) is 0. The van der Waals surface area contributed by atoms with Crippen LogP contribution in [0.4, 0.5) is 0 Å². The lowest BCUT2D eigenvalue weighted by Crippen LogP contribution is -2.24. The first-order valence-electron chi connectivity index (χ1n) is 5.72. The zero-order valence-corrected chi connectivity index (χ0v) is 12.0. The molecule has 0 amide bonds. The lowest BCUT2D eigenvalue weighted by molar-refractivity contribution is 0.177. The molecule has 1 aliphatic heterocycles. The van der Waals surface area contributed by atoms with Crippen LogP contribution < -0.4 is 0 Å². The van der Waals surface area contributed by atoms with Gasteiger partial charge in [0.15, 0.2) is 0 Å². The van der Waals surface area contributed by atoms with Gasteiger partial charge in [-0.1, -0.05) is 0 Å². The van der Waals surface area contributed by atoms with Gasteiger partial charge in [-0.15, -0.1) is 0 Å². The van der Waals surface area contributed by atoms with Gasteiger partial charge < -0.3 is 18.1 Å². The van der Waals surface area contributed by atoms with Gasteiger partial charge in [-0.25, -0.2) is 0 Å². The van der Waals surface area contributed by atoms with Crippen molar-refractivity contribution in [3.63, 3.8) is 0 Å². The molecular weight excluding hydrogens is 248 g/mol. The van der Waals surface area contributed by atoms with E-state index in [1.54, 1.807) is 0 Å². The number of hydrogen-bond acceptors (Lipinski definition) is 5. The molecule has 0 bridgehead atoms. The normalized spacial score (nSPS) is 22.9. The summed E-state index contributed by atoms with van der Waals surface area (Å²) in [6.45, 7) is 9.58. The van der Waals surface area contributed by atoms with Crippen LogP contribution in [0.1, 0.15) is 27.2 Å². The van der Waals surface area contributed by atoms with Crippen molar-refractivity contribution < 1.29 is 18.1 Å². The Balaban J connectivity index is 2.54. The molecule has 1 aliphatic rings. The third kappa shape index (κ3) is 4.50. The average Bonchev–Trinajstić information content (AvgIpc) is 2.30. The van der Waals surface area contributed by atoms with Crippen LogP contribution in [0.5, 0.6) is 0 Å². The smallest absolute Gasteiger partial charge is 0.266 e. The van der Waals surface area contributed by atoms with Crippen LogP contribution in [-0.4, -0.2) is 37.4 Å². The monoisotopic (exact) mass is 269 g/mol. The molecule has 1 fully saturated rings. The Labute approximate surface area is 100 Å². The number of nitrogens with zero attached hydrogens (tertiary/aromatic N) is 1. The molecule has 0 radical (unpaired) electrons. The van der Waals surface area contributed by atoms with Gasteiger partial charge >= 0.3 is 0 Å². The lowest BCUT2D eigenvalue weighted by atomic mass is 10.5. The molecule has 0 aromatic heterocycles. The molecule has 1 rings (SSSR count). The summed E-state index contributed by atoms with van der Waals surface area (Å²) in [5, 5.41) is 0. The molecule has 16 heavy (non-hydrogen) atoms. The summed E-state index contributed by atoms with van der Waals surface area (Å²) in [6.07, 6.45) is 1.00. The minimum Gasteiger partial charge on any atom is -0.322 e. The van der Waals surface area contributed by atoms with Crippen LogP contribution in [-0.2, 0) is 18.1 Å². The van der Waals surface area contributed by atoms with Crippen molar-refractivity contribution >= 4 is 17.1 Å². The van der Waals surface area contributed by atoms with Crippen LogP contribution in [0, 0.1) is 0 Å². The third-order valence-electron chi connectivity index (χ3n) is 1.80. The maximum absolute atomic E-state index is 5.63. The maximum atomic E-state index is 5.63. The van der Waals surface area contributed by atoms with Crippen molar-refractivity contribution in [3.8, 4) is 0 Å². The average molecular weight is 269 g/mol. The molecule has 0 N–H and O–H groups in total. The quantitative estimate of drug-likeness (QED) is 0.663. The summed E-state index contributed by atoms with van der Waals surface area (Å²) < 4.78 is 24.6. The maximum Gasteiger partial charge on any atom is 0.266 e. The van der Waals surface area contributed by atoms with E-state index in [0.29, 0.717) is 19.8 Å². The predicted octanol–water partition coefficient (Wildman–Crippen LogP) is 3.27. The summed E-state index contributed by atoms with van der Waals surface area (Å²) in [4.78, 5) is 0. The fraction of sp³-hybridized carbons (Fsp3) is 1.00. The Bertz CT molecular complexity index is 179. The Morgan fingerprint density at radius 3 is 2.44 bits per heavy atom. The van der Waals surface area contributed by atoms with Crippen LogP contribution in [0.3, 0.4) is 0 Å². The van der Waals surface area contributed by atoms with Crippen molar-refractivity contribution in [1.82, 2.24) is 4.44 Å². The first-order valence-corrected chi connectivity index (χ1v) is 7.98. The zero-order valence-electron chi connectivity index (χ0n) is 10.2. The van der Waals surface area contributed by atoms with Gasteiger partial charge in [0.25, 0.3) is 17.1 Å². The standard InChI is InChI=1S/C9H21NO4P2/c1-4-11-15(12-5-2)10-8-7-9-14-16(10)13-6-3/h4-9H2,1-3H3. The van der Waals surface area contributed by atoms with Crippen molar-refractivity contribution in [2.45, 2.75) is 27.2 Å². The molecule has 1 unspecified atom stereocenters. The highest BCUT2D eigenvalue weighted by Gasteiger charge is 2.33. The first kappa shape index (κ1) is 14.7. The molecular formula is C9H21NO4P2. The fourth-order valence-electron chi connectivity index (χ4n) is 1.24. The van der Waals surface area contributed by atoms with Gasteiger partial charge in [0.2, 0.25) is 0 Å². The van der Waals surface area contributed by atoms with E-state index in [1.165, 1.54) is 0 Å². The van der Waals surface area contributed by atoms with Gasteiger partial charge in [-0.3, -0.25) is 0 Å². The molecule has 1 saturated heterocycles. The SMILES string of the molecule is CCOP(OCC)N1CCCOP1OCC. The topological polar surface area (TPSA) is 40.2 Å². The molecule has 0 aromatic carbocycles. The Hall–Kier alpha value is 0.660. The second kappa shape index (κ2) is 8.71. The van der Waals surface area contributed by atoms with Crippen LogP contribution in [0.2, 0.25) is 0 Å².